The Labute approximate surface area is 91.6 Å². The fourth-order valence-electron chi connectivity index (χ4n) is 1.15. The Morgan fingerprint density at radius 2 is 1.53 bits per heavy atom. The smallest absolute Gasteiger partial charge is 0.196 e. The van der Waals surface area contributed by atoms with Gasteiger partial charge in [0.1, 0.15) is 0 Å². The molecule has 0 aliphatic rings. The third-order valence-corrected chi connectivity index (χ3v) is 2.42. The van der Waals surface area contributed by atoms with Crippen LogP contribution in [-0.2, 0) is 0 Å². The van der Waals surface area contributed by atoms with Crippen molar-refractivity contribution in [3.05, 3.63) is 0 Å². The van der Waals surface area contributed by atoms with Crippen molar-refractivity contribution in [2.45, 2.75) is 50.5 Å². The molecule has 15 heavy (non-hydrogen) atoms. The highest BCUT2D eigenvalue weighted by Gasteiger charge is 2.56. The molecule has 6 heteroatoms. The Morgan fingerprint density at radius 3 is 1.87 bits per heavy atom. The first-order chi connectivity index (χ1) is 6.56. The van der Waals surface area contributed by atoms with Gasteiger partial charge in [0.2, 0.25) is 0 Å². The number of alkyl halides is 5. The zero-order chi connectivity index (χ0) is 12.3. The first-order valence-electron chi connectivity index (χ1n) is 4.69. The molecule has 0 aromatic carbocycles. The van der Waals surface area contributed by atoms with Crippen molar-refractivity contribution < 1.29 is 22.0 Å². The van der Waals surface area contributed by atoms with Crippen LogP contribution in [0.2, 0.25) is 0 Å². The van der Waals surface area contributed by atoms with E-state index in [0.717, 1.165) is 0 Å². The summed E-state index contributed by atoms with van der Waals surface area (Å²) >= 11 is 3.98. The van der Waals surface area contributed by atoms with E-state index < -0.39 is 23.8 Å². The van der Waals surface area contributed by atoms with Gasteiger partial charge in [0.25, 0.3) is 0 Å². The summed E-state index contributed by atoms with van der Waals surface area (Å²) in [6.07, 6.45) is -6.32. The molecule has 0 heterocycles. The molecule has 0 rings (SSSR count). The molecular formula is C9H15F5S. The van der Waals surface area contributed by atoms with E-state index in [4.69, 9.17) is 0 Å². The molecule has 0 aromatic rings. The predicted molar refractivity (Wildman–Crippen MR) is 52.5 cm³/mol. The second-order valence-corrected chi connectivity index (χ2v) is 4.75. The van der Waals surface area contributed by atoms with Crippen LogP contribution in [-0.4, -0.2) is 17.3 Å². The lowest BCUT2D eigenvalue weighted by atomic mass is 10.0. The van der Waals surface area contributed by atoms with Crippen LogP contribution in [0.4, 0.5) is 22.0 Å². The first kappa shape index (κ1) is 15.0. The molecule has 0 aliphatic heterocycles. The van der Waals surface area contributed by atoms with Gasteiger partial charge in [-0.05, 0) is 18.8 Å². The highest BCUT2D eigenvalue weighted by Crippen LogP contribution is 2.39. The largest absolute Gasteiger partial charge is 0.453 e. The van der Waals surface area contributed by atoms with E-state index in [2.05, 4.69) is 12.6 Å². The lowest BCUT2D eigenvalue weighted by Gasteiger charge is -2.21. The van der Waals surface area contributed by atoms with E-state index in [9.17, 15) is 22.0 Å². The number of halogens is 5. The van der Waals surface area contributed by atoms with Crippen molar-refractivity contribution >= 4 is 12.6 Å². The van der Waals surface area contributed by atoms with Crippen LogP contribution in [0.1, 0.15) is 33.1 Å². The Hall–Kier alpha value is -0.0000000000000000555. The average molecular weight is 250 g/mol. The van der Waals surface area contributed by atoms with Crippen LogP contribution in [0.15, 0.2) is 0 Å². The predicted octanol–water partition coefficient (Wildman–Crippen LogP) is 4.31. The quantitative estimate of drug-likeness (QED) is 0.545. The third-order valence-electron chi connectivity index (χ3n) is 1.95. The van der Waals surface area contributed by atoms with Crippen LogP contribution in [0.25, 0.3) is 0 Å². The van der Waals surface area contributed by atoms with Crippen molar-refractivity contribution in [1.29, 1.82) is 0 Å². The Bertz CT molecular complexity index is 187. The van der Waals surface area contributed by atoms with Gasteiger partial charge >= 0.3 is 12.1 Å². The molecular weight excluding hydrogens is 235 g/mol. The second-order valence-electron chi connectivity index (χ2n) is 4.02. The highest BCUT2D eigenvalue weighted by atomic mass is 32.1. The van der Waals surface area contributed by atoms with E-state index in [0.29, 0.717) is 6.42 Å². The van der Waals surface area contributed by atoms with Crippen LogP contribution in [0.3, 0.4) is 0 Å². The summed E-state index contributed by atoms with van der Waals surface area (Å²) in [5.41, 5.74) is 0. The van der Waals surface area contributed by atoms with Gasteiger partial charge in [-0.15, -0.1) is 0 Å². The van der Waals surface area contributed by atoms with Gasteiger partial charge in [-0.1, -0.05) is 13.8 Å². The SMILES string of the molecule is CC(C)CC(S)CCC(F)(F)C(F)(F)F. The van der Waals surface area contributed by atoms with Crippen LogP contribution in [0.5, 0.6) is 0 Å². The first-order valence-corrected chi connectivity index (χ1v) is 5.20. The maximum atomic E-state index is 12.5. The minimum Gasteiger partial charge on any atom is -0.196 e. The minimum atomic E-state index is -5.45. The molecule has 0 saturated carbocycles. The molecule has 0 amide bonds. The Balaban J connectivity index is 4.04. The summed E-state index contributed by atoms with van der Waals surface area (Å²) in [5.74, 6) is -4.35. The molecule has 1 atom stereocenters. The standard InChI is InChI=1S/C9H15F5S/c1-6(2)5-7(15)3-4-8(10,11)9(12,13)14/h6-7,15H,3-5H2,1-2H3. The molecule has 0 saturated heterocycles. The van der Waals surface area contributed by atoms with Crippen LogP contribution in [0, 0.1) is 5.92 Å². The molecule has 0 radical (unpaired) electrons. The molecule has 0 bridgehead atoms. The zero-order valence-electron chi connectivity index (χ0n) is 8.61. The van der Waals surface area contributed by atoms with Gasteiger partial charge < -0.3 is 0 Å². The maximum Gasteiger partial charge on any atom is 0.453 e. The lowest BCUT2D eigenvalue weighted by Crippen LogP contribution is -2.36. The third kappa shape index (κ3) is 5.58. The van der Waals surface area contributed by atoms with Crippen molar-refractivity contribution in [3.8, 4) is 0 Å². The van der Waals surface area contributed by atoms with E-state index in [-0.39, 0.29) is 12.3 Å². The topological polar surface area (TPSA) is 0 Å². The number of thiol groups is 1. The molecule has 0 aliphatic carbocycles. The highest BCUT2D eigenvalue weighted by molar-refractivity contribution is 7.80. The number of hydrogen-bond acceptors (Lipinski definition) is 1. The summed E-state index contributed by atoms with van der Waals surface area (Å²) in [6.45, 7) is 3.73. The monoisotopic (exact) mass is 250 g/mol. The van der Waals surface area contributed by atoms with Gasteiger partial charge in [-0.25, -0.2) is 0 Å². The lowest BCUT2D eigenvalue weighted by molar-refractivity contribution is -0.284. The fraction of sp³-hybridized carbons (Fsp3) is 1.00. The van der Waals surface area contributed by atoms with Gasteiger partial charge in [-0.2, -0.15) is 34.6 Å². The van der Waals surface area contributed by atoms with Crippen LogP contribution < -0.4 is 0 Å². The molecule has 0 N–H and O–H groups in total. The van der Waals surface area contributed by atoms with Gasteiger partial charge in [0.15, 0.2) is 0 Å². The Kier molecular flexibility index (Phi) is 5.37. The van der Waals surface area contributed by atoms with Crippen molar-refractivity contribution in [2.24, 2.45) is 5.92 Å². The molecule has 1 unspecified atom stereocenters. The van der Waals surface area contributed by atoms with E-state index in [1.165, 1.54) is 0 Å². The van der Waals surface area contributed by atoms with Gasteiger partial charge in [0, 0.05) is 11.7 Å². The summed E-state index contributed by atoms with van der Waals surface area (Å²) in [4.78, 5) is 0. The molecule has 0 nitrogen and oxygen atoms in total. The summed E-state index contributed by atoms with van der Waals surface area (Å²) < 4.78 is 60.3. The number of hydrogen-bond donors (Lipinski definition) is 1. The fourth-order valence-corrected chi connectivity index (χ4v) is 1.70. The summed E-state index contributed by atoms with van der Waals surface area (Å²) in [6, 6.07) is 0. The summed E-state index contributed by atoms with van der Waals surface area (Å²) in [7, 11) is 0. The van der Waals surface area contributed by atoms with Crippen molar-refractivity contribution in [2.75, 3.05) is 0 Å². The Morgan fingerprint density at radius 1 is 1.07 bits per heavy atom. The maximum absolute atomic E-state index is 12.5. The minimum absolute atomic E-state index is 0.228. The van der Waals surface area contributed by atoms with Gasteiger partial charge in [0.05, 0.1) is 0 Å². The number of rotatable bonds is 5. The molecule has 0 aromatic heterocycles. The molecule has 0 fully saturated rings. The normalized spacial score (nSPS) is 15.8. The molecule has 0 spiro atoms. The van der Waals surface area contributed by atoms with Crippen molar-refractivity contribution in [1.82, 2.24) is 0 Å². The average Bonchev–Trinajstić information content (AvgIpc) is 1.97. The van der Waals surface area contributed by atoms with Crippen LogP contribution >= 0.6 is 12.6 Å². The van der Waals surface area contributed by atoms with Crippen molar-refractivity contribution in [3.63, 3.8) is 0 Å². The van der Waals surface area contributed by atoms with E-state index >= 15 is 0 Å². The van der Waals surface area contributed by atoms with E-state index in [1.807, 2.05) is 13.8 Å². The molecule has 92 valence electrons. The van der Waals surface area contributed by atoms with E-state index in [1.54, 1.807) is 0 Å². The second kappa shape index (κ2) is 5.37. The summed E-state index contributed by atoms with van der Waals surface area (Å²) in [5, 5.41) is -0.404. The van der Waals surface area contributed by atoms with Gasteiger partial charge in [-0.3, -0.25) is 0 Å². The zero-order valence-corrected chi connectivity index (χ0v) is 9.51.